The standard InChI is InChI=1S/C21H21N3O5/c1-21(2,3)23(12-14-7-5-4-6-8-14)18(25)13-22-19(26)16-10-9-15(24(28)29)11-17(16)20(22)27/h4-11H,12-13H2,1-3H3. The van der Waals surface area contributed by atoms with E-state index in [1.165, 1.54) is 12.1 Å². The Labute approximate surface area is 167 Å². The summed E-state index contributed by atoms with van der Waals surface area (Å²) in [5.74, 6) is -1.71. The van der Waals surface area contributed by atoms with Gasteiger partial charge in [-0.3, -0.25) is 29.4 Å². The third kappa shape index (κ3) is 4.01. The van der Waals surface area contributed by atoms with Gasteiger partial charge in [-0.1, -0.05) is 30.3 Å². The molecule has 0 bridgehead atoms. The molecule has 1 aliphatic rings. The van der Waals surface area contributed by atoms with E-state index in [9.17, 15) is 24.5 Å². The molecule has 3 rings (SSSR count). The third-order valence-corrected chi connectivity index (χ3v) is 4.75. The minimum absolute atomic E-state index is 0.0534. The number of hydrogen-bond acceptors (Lipinski definition) is 5. The van der Waals surface area contributed by atoms with Gasteiger partial charge in [-0.15, -0.1) is 0 Å². The quantitative estimate of drug-likeness (QED) is 0.440. The second-order valence-electron chi connectivity index (χ2n) is 7.82. The van der Waals surface area contributed by atoms with Crippen molar-refractivity contribution in [2.75, 3.05) is 6.54 Å². The summed E-state index contributed by atoms with van der Waals surface area (Å²) in [7, 11) is 0. The van der Waals surface area contributed by atoms with E-state index in [4.69, 9.17) is 0 Å². The fraction of sp³-hybridized carbons (Fsp3) is 0.286. The van der Waals surface area contributed by atoms with E-state index in [2.05, 4.69) is 0 Å². The van der Waals surface area contributed by atoms with Gasteiger partial charge in [0.15, 0.2) is 0 Å². The molecule has 0 aromatic heterocycles. The molecule has 150 valence electrons. The smallest absolute Gasteiger partial charge is 0.270 e. The average molecular weight is 395 g/mol. The largest absolute Gasteiger partial charge is 0.332 e. The molecule has 0 saturated carbocycles. The van der Waals surface area contributed by atoms with E-state index in [0.29, 0.717) is 6.54 Å². The van der Waals surface area contributed by atoms with Crippen LogP contribution in [-0.2, 0) is 11.3 Å². The summed E-state index contributed by atoms with van der Waals surface area (Å²) in [6.07, 6.45) is 0. The molecular weight excluding hydrogens is 374 g/mol. The zero-order chi connectivity index (χ0) is 21.3. The van der Waals surface area contributed by atoms with Gasteiger partial charge in [0, 0.05) is 24.2 Å². The molecule has 8 nitrogen and oxygen atoms in total. The van der Waals surface area contributed by atoms with E-state index >= 15 is 0 Å². The fourth-order valence-electron chi connectivity index (χ4n) is 3.22. The predicted octanol–water partition coefficient (Wildman–Crippen LogP) is 3.02. The van der Waals surface area contributed by atoms with Crippen molar-refractivity contribution in [1.29, 1.82) is 0 Å². The predicted molar refractivity (Wildman–Crippen MR) is 105 cm³/mol. The highest BCUT2D eigenvalue weighted by Crippen LogP contribution is 2.27. The number of hydrogen-bond donors (Lipinski definition) is 0. The summed E-state index contributed by atoms with van der Waals surface area (Å²) in [6.45, 7) is 5.53. The number of nitro benzene ring substituents is 1. The van der Waals surface area contributed by atoms with Crippen molar-refractivity contribution in [1.82, 2.24) is 9.80 Å². The summed E-state index contributed by atoms with van der Waals surface area (Å²) in [5.41, 5.74) is 0.123. The van der Waals surface area contributed by atoms with Crippen LogP contribution in [0.4, 0.5) is 5.69 Å². The minimum atomic E-state index is -0.698. The first-order valence-corrected chi connectivity index (χ1v) is 9.08. The highest BCUT2D eigenvalue weighted by Gasteiger charge is 2.39. The summed E-state index contributed by atoms with van der Waals surface area (Å²) >= 11 is 0. The van der Waals surface area contributed by atoms with Gasteiger partial charge >= 0.3 is 0 Å². The highest BCUT2D eigenvalue weighted by atomic mass is 16.6. The maximum atomic E-state index is 13.0. The molecule has 29 heavy (non-hydrogen) atoms. The number of carbonyl (C=O) groups is 3. The number of carbonyl (C=O) groups excluding carboxylic acids is 3. The van der Waals surface area contributed by atoms with Crippen molar-refractivity contribution < 1.29 is 19.3 Å². The number of nitrogens with zero attached hydrogens (tertiary/aromatic N) is 3. The molecule has 0 spiro atoms. The fourth-order valence-corrected chi connectivity index (χ4v) is 3.22. The summed E-state index contributed by atoms with van der Waals surface area (Å²) < 4.78 is 0. The van der Waals surface area contributed by atoms with Crippen LogP contribution in [0.1, 0.15) is 47.1 Å². The molecule has 2 aromatic rings. The number of amides is 3. The molecule has 2 aromatic carbocycles. The molecular formula is C21H21N3O5. The van der Waals surface area contributed by atoms with Gasteiger partial charge < -0.3 is 4.90 Å². The number of nitro groups is 1. The molecule has 1 aliphatic heterocycles. The second kappa shape index (κ2) is 7.46. The van der Waals surface area contributed by atoms with Crippen LogP contribution in [0.2, 0.25) is 0 Å². The van der Waals surface area contributed by atoms with Gasteiger partial charge in [0.25, 0.3) is 17.5 Å². The molecule has 3 amide bonds. The summed E-state index contributed by atoms with van der Waals surface area (Å²) in [4.78, 5) is 51.1. The van der Waals surface area contributed by atoms with Gasteiger partial charge in [-0.25, -0.2) is 0 Å². The van der Waals surface area contributed by atoms with E-state index < -0.39 is 28.8 Å². The van der Waals surface area contributed by atoms with Crippen molar-refractivity contribution >= 4 is 23.4 Å². The lowest BCUT2D eigenvalue weighted by molar-refractivity contribution is -0.384. The Morgan fingerprint density at radius 1 is 1.03 bits per heavy atom. The Hall–Kier alpha value is -3.55. The van der Waals surface area contributed by atoms with Crippen LogP contribution >= 0.6 is 0 Å². The van der Waals surface area contributed by atoms with Crippen molar-refractivity contribution in [2.24, 2.45) is 0 Å². The second-order valence-corrected chi connectivity index (χ2v) is 7.82. The van der Waals surface area contributed by atoms with Crippen LogP contribution in [0.15, 0.2) is 48.5 Å². The Morgan fingerprint density at radius 3 is 2.24 bits per heavy atom. The molecule has 0 aliphatic carbocycles. The van der Waals surface area contributed by atoms with E-state index in [1.807, 2.05) is 51.1 Å². The minimum Gasteiger partial charge on any atom is -0.332 e. The van der Waals surface area contributed by atoms with Crippen molar-refractivity contribution in [3.05, 3.63) is 75.3 Å². The van der Waals surface area contributed by atoms with Crippen LogP contribution in [0.25, 0.3) is 0 Å². The molecule has 0 fully saturated rings. The first-order chi connectivity index (χ1) is 13.6. The third-order valence-electron chi connectivity index (χ3n) is 4.75. The number of imide groups is 1. The highest BCUT2D eigenvalue weighted by molar-refractivity contribution is 6.22. The molecule has 0 radical (unpaired) electrons. The Morgan fingerprint density at radius 2 is 1.66 bits per heavy atom. The Balaban J connectivity index is 1.83. The number of non-ortho nitro benzene ring substituents is 1. The number of fused-ring (bicyclic) bond motifs is 1. The zero-order valence-corrected chi connectivity index (χ0v) is 16.4. The summed E-state index contributed by atoms with van der Waals surface area (Å²) in [6, 6.07) is 12.9. The van der Waals surface area contributed by atoms with Crippen LogP contribution < -0.4 is 0 Å². The van der Waals surface area contributed by atoms with Crippen LogP contribution in [0.5, 0.6) is 0 Å². The lowest BCUT2D eigenvalue weighted by atomic mass is 10.0. The van der Waals surface area contributed by atoms with Gasteiger partial charge in [0.2, 0.25) is 5.91 Å². The average Bonchev–Trinajstić information content (AvgIpc) is 2.90. The molecule has 0 N–H and O–H groups in total. The van der Waals surface area contributed by atoms with E-state index in [-0.39, 0.29) is 22.7 Å². The maximum Gasteiger partial charge on any atom is 0.270 e. The topological polar surface area (TPSA) is 101 Å². The summed E-state index contributed by atoms with van der Waals surface area (Å²) in [5, 5.41) is 11.0. The first-order valence-electron chi connectivity index (χ1n) is 9.08. The van der Waals surface area contributed by atoms with Crippen molar-refractivity contribution in [2.45, 2.75) is 32.9 Å². The van der Waals surface area contributed by atoms with Crippen molar-refractivity contribution in [3.63, 3.8) is 0 Å². The van der Waals surface area contributed by atoms with Gasteiger partial charge in [-0.2, -0.15) is 0 Å². The Bertz CT molecular complexity index is 995. The van der Waals surface area contributed by atoms with Crippen molar-refractivity contribution in [3.8, 4) is 0 Å². The first kappa shape index (κ1) is 20.2. The number of benzene rings is 2. The van der Waals surface area contributed by atoms with E-state index in [0.717, 1.165) is 16.5 Å². The Kier molecular flexibility index (Phi) is 5.19. The zero-order valence-electron chi connectivity index (χ0n) is 16.4. The van der Waals surface area contributed by atoms with E-state index in [1.54, 1.807) is 4.90 Å². The van der Waals surface area contributed by atoms with Crippen LogP contribution in [-0.4, -0.2) is 44.5 Å². The molecule has 0 unspecified atom stereocenters. The molecule has 0 saturated heterocycles. The lowest BCUT2D eigenvalue weighted by Gasteiger charge is -2.36. The van der Waals surface area contributed by atoms with Gasteiger partial charge in [0.1, 0.15) is 6.54 Å². The van der Waals surface area contributed by atoms with Gasteiger partial charge in [-0.05, 0) is 32.4 Å². The van der Waals surface area contributed by atoms with Crippen LogP contribution in [0, 0.1) is 10.1 Å². The normalized spacial score (nSPS) is 13.4. The SMILES string of the molecule is CC(C)(C)N(Cc1ccccc1)C(=O)CN1C(=O)c2ccc([N+](=O)[O-])cc2C1=O. The lowest BCUT2D eigenvalue weighted by Crippen LogP contribution is -2.50. The molecule has 0 atom stereocenters. The maximum absolute atomic E-state index is 13.0. The van der Waals surface area contributed by atoms with Crippen LogP contribution in [0.3, 0.4) is 0 Å². The van der Waals surface area contributed by atoms with Gasteiger partial charge in [0.05, 0.1) is 16.1 Å². The molecule has 8 heteroatoms. The monoisotopic (exact) mass is 395 g/mol. The number of rotatable bonds is 5. The molecule has 1 heterocycles.